The van der Waals surface area contributed by atoms with Crippen molar-refractivity contribution in [2.45, 2.75) is 38.0 Å². The van der Waals surface area contributed by atoms with Crippen molar-refractivity contribution >= 4 is 19.4 Å². The molecule has 0 amide bonds. The van der Waals surface area contributed by atoms with Crippen LogP contribution in [0.3, 0.4) is 0 Å². The Hall–Kier alpha value is -1.39. The molecule has 0 spiro atoms. The molecule has 3 rings (SSSR count). The molecule has 1 aliphatic heterocycles. The van der Waals surface area contributed by atoms with Crippen LogP contribution in [0.5, 0.6) is 5.75 Å². The molecule has 0 fully saturated rings. The molecular weight excluding hydrogens is 357 g/mol. The zero-order valence-electron chi connectivity index (χ0n) is 13.4. The van der Waals surface area contributed by atoms with Crippen molar-refractivity contribution in [2.75, 3.05) is 6.61 Å². The van der Waals surface area contributed by atoms with Crippen molar-refractivity contribution in [2.24, 2.45) is 0 Å². The summed E-state index contributed by atoms with van der Waals surface area (Å²) in [5, 5.41) is 9.50. The molecule has 4 nitrogen and oxygen atoms in total. The topological polar surface area (TPSA) is 51.6 Å². The van der Waals surface area contributed by atoms with Crippen molar-refractivity contribution in [3.05, 3.63) is 53.3 Å². The van der Waals surface area contributed by atoms with E-state index in [4.69, 9.17) is 9.47 Å². The second-order valence-corrected chi connectivity index (χ2v) is 8.67. The second-order valence-electron chi connectivity index (χ2n) is 5.63. The molecule has 122 valence electrons. The number of rotatable bonds is 4. The van der Waals surface area contributed by atoms with Gasteiger partial charge in [-0.05, 0) is 0 Å². The number of aryl methyl sites for hydroxylation is 1. The van der Waals surface area contributed by atoms with E-state index in [1.165, 1.54) is 4.46 Å². The van der Waals surface area contributed by atoms with Gasteiger partial charge >= 0.3 is 143 Å². The van der Waals surface area contributed by atoms with Crippen LogP contribution in [0.1, 0.15) is 23.7 Å². The van der Waals surface area contributed by atoms with Gasteiger partial charge in [0.2, 0.25) is 0 Å². The van der Waals surface area contributed by atoms with Crippen LogP contribution in [0.15, 0.2) is 36.5 Å². The molecule has 1 N–H and O–H groups in total. The van der Waals surface area contributed by atoms with E-state index < -0.39 is 0 Å². The summed E-state index contributed by atoms with van der Waals surface area (Å²) >= 11 is 0.332. The fourth-order valence-electron chi connectivity index (χ4n) is 2.63. The van der Waals surface area contributed by atoms with Gasteiger partial charge in [0.1, 0.15) is 0 Å². The minimum absolute atomic E-state index is 0.0451. The van der Waals surface area contributed by atoms with Crippen LogP contribution in [0.2, 0.25) is 4.82 Å². The van der Waals surface area contributed by atoms with E-state index in [1.807, 2.05) is 13.0 Å². The fraction of sp³-hybridized carbons (Fsp3) is 0.389. The fourth-order valence-corrected chi connectivity index (χ4v) is 4.83. The molecule has 5 heteroatoms. The third-order valence-electron chi connectivity index (χ3n) is 4.00. The molecule has 2 unspecified atom stereocenters. The Bertz CT molecular complexity index is 663. The van der Waals surface area contributed by atoms with Gasteiger partial charge < -0.3 is 0 Å². The van der Waals surface area contributed by atoms with Crippen molar-refractivity contribution < 1.29 is 14.6 Å². The van der Waals surface area contributed by atoms with Crippen LogP contribution >= 0.6 is 0 Å². The number of aromatic nitrogens is 1. The number of hydrogen-bond acceptors (Lipinski definition) is 4. The zero-order chi connectivity index (χ0) is 16.2. The van der Waals surface area contributed by atoms with Crippen LogP contribution in [0.25, 0.3) is 0 Å². The monoisotopic (exact) mass is 379 g/mol. The van der Waals surface area contributed by atoms with Crippen LogP contribution in [0, 0.1) is 6.92 Å². The summed E-state index contributed by atoms with van der Waals surface area (Å²) < 4.78 is 13.5. The summed E-state index contributed by atoms with van der Waals surface area (Å²) in [6, 6.07) is 10.5. The van der Waals surface area contributed by atoms with Crippen LogP contribution in [-0.2, 0) is 18.0 Å². The summed E-state index contributed by atoms with van der Waals surface area (Å²) in [7, 11) is 0. The molecule has 2 aromatic rings. The minimum atomic E-state index is -0.0451. The average Bonchev–Trinajstić information content (AvgIpc) is 2.80. The van der Waals surface area contributed by atoms with E-state index >= 15 is 0 Å². The van der Waals surface area contributed by atoms with E-state index in [1.54, 1.807) is 6.20 Å². The van der Waals surface area contributed by atoms with Crippen molar-refractivity contribution in [1.82, 2.24) is 4.98 Å². The molecule has 1 aromatic heterocycles. The maximum absolute atomic E-state index is 9.50. The summed E-state index contributed by atoms with van der Waals surface area (Å²) in [6.45, 7) is 5.10. The summed E-state index contributed by atoms with van der Waals surface area (Å²) in [5.74, 6) is 0.776. The van der Waals surface area contributed by atoms with Crippen LogP contribution < -0.4 is 9.20 Å². The molecule has 2 atom stereocenters. The first kappa shape index (κ1) is 16.5. The van der Waals surface area contributed by atoms with Crippen LogP contribution in [0.4, 0.5) is 0 Å². The Kier molecular flexibility index (Phi) is 5.34. The zero-order valence-corrected chi connectivity index (χ0v) is 15.1. The Morgan fingerprint density at radius 3 is 2.87 bits per heavy atom. The van der Waals surface area contributed by atoms with Gasteiger partial charge in [-0.2, -0.15) is 0 Å². The number of pyridine rings is 1. The maximum atomic E-state index is 9.50. The van der Waals surface area contributed by atoms with Gasteiger partial charge in [-0.3, -0.25) is 0 Å². The van der Waals surface area contributed by atoms with E-state index in [0.29, 0.717) is 33.0 Å². The predicted molar refractivity (Wildman–Crippen MR) is 90.2 cm³/mol. The number of aliphatic hydroxyl groups excluding tert-OH is 1. The Morgan fingerprint density at radius 1 is 1.35 bits per heavy atom. The molecule has 23 heavy (non-hydrogen) atoms. The standard InChI is InChI=1S/C18H21NO3Se/c1-12-18-16(14(9-20)8-19-12)10-21-17(11-22-18)13(2)23-15-6-4-3-5-7-15/h3-8,13,17,20H,9-11H2,1-2H3. The molecule has 0 bridgehead atoms. The SMILES string of the molecule is Cc1ncc(CO)c2c1OCC(C(C)[Se]c1ccccc1)OC2. The third kappa shape index (κ3) is 3.75. The molecule has 0 radical (unpaired) electrons. The van der Waals surface area contributed by atoms with Crippen molar-refractivity contribution in [3.63, 3.8) is 0 Å². The van der Waals surface area contributed by atoms with Crippen LogP contribution in [-0.4, -0.2) is 37.8 Å². The Morgan fingerprint density at radius 2 is 2.13 bits per heavy atom. The summed E-state index contributed by atoms with van der Waals surface area (Å²) in [4.78, 5) is 4.71. The van der Waals surface area contributed by atoms with Gasteiger partial charge in [-0.25, -0.2) is 0 Å². The molecule has 1 aliphatic rings. The van der Waals surface area contributed by atoms with Gasteiger partial charge in [-0.1, -0.05) is 0 Å². The Balaban J connectivity index is 1.73. The first-order valence-electron chi connectivity index (χ1n) is 7.73. The number of nitrogens with zero attached hydrogens (tertiary/aromatic N) is 1. The van der Waals surface area contributed by atoms with E-state index in [2.05, 4.69) is 36.2 Å². The average molecular weight is 378 g/mol. The second kappa shape index (κ2) is 7.45. The molecule has 0 aliphatic carbocycles. The predicted octanol–water partition coefficient (Wildman–Crippen LogP) is 2.00. The number of fused-ring (bicyclic) bond motifs is 1. The van der Waals surface area contributed by atoms with E-state index in [9.17, 15) is 5.11 Å². The van der Waals surface area contributed by atoms with Gasteiger partial charge in [0.15, 0.2) is 0 Å². The number of aliphatic hydroxyl groups is 1. The van der Waals surface area contributed by atoms with Crippen molar-refractivity contribution in [3.8, 4) is 5.75 Å². The Labute approximate surface area is 143 Å². The first-order valence-corrected chi connectivity index (χ1v) is 9.58. The van der Waals surface area contributed by atoms with Crippen molar-refractivity contribution in [1.29, 1.82) is 0 Å². The third-order valence-corrected chi connectivity index (χ3v) is 6.56. The molecular formula is C18H21NO3Se. The quantitative estimate of drug-likeness (QED) is 0.827. The summed E-state index contributed by atoms with van der Waals surface area (Å²) in [5.41, 5.74) is 2.57. The van der Waals surface area contributed by atoms with Gasteiger partial charge in [0.25, 0.3) is 0 Å². The van der Waals surface area contributed by atoms with E-state index in [-0.39, 0.29) is 12.7 Å². The molecule has 0 saturated carbocycles. The van der Waals surface area contributed by atoms with Gasteiger partial charge in [0, 0.05) is 0 Å². The molecule has 2 heterocycles. The number of ether oxygens (including phenoxy) is 2. The number of hydrogen-bond donors (Lipinski definition) is 1. The number of benzene rings is 1. The first-order chi connectivity index (χ1) is 11.2. The van der Waals surface area contributed by atoms with Gasteiger partial charge in [-0.15, -0.1) is 0 Å². The molecule has 1 aromatic carbocycles. The summed E-state index contributed by atoms with van der Waals surface area (Å²) in [6.07, 6.45) is 1.76. The van der Waals surface area contributed by atoms with E-state index in [0.717, 1.165) is 22.6 Å². The normalized spacial score (nSPS) is 18.7. The van der Waals surface area contributed by atoms with Gasteiger partial charge in [0.05, 0.1) is 0 Å². The molecule has 0 saturated heterocycles.